The van der Waals surface area contributed by atoms with E-state index in [4.69, 9.17) is 5.73 Å². The van der Waals surface area contributed by atoms with Gasteiger partial charge in [0.15, 0.2) is 5.16 Å². The molecule has 5 rings (SSSR count). The predicted octanol–water partition coefficient (Wildman–Crippen LogP) is 2.49. The zero-order valence-electron chi connectivity index (χ0n) is 14.4. The Bertz CT molecular complexity index is 1170. The molecule has 0 spiro atoms. The Morgan fingerprint density at radius 2 is 2.04 bits per heavy atom. The Morgan fingerprint density at radius 3 is 2.81 bits per heavy atom. The second-order valence-electron chi connectivity index (χ2n) is 6.51. The van der Waals surface area contributed by atoms with Crippen molar-refractivity contribution in [3.05, 3.63) is 58.6 Å². The van der Waals surface area contributed by atoms with Crippen LogP contribution in [-0.4, -0.2) is 29.1 Å². The number of rotatable bonds is 5. The number of imidazole rings is 1. The van der Waals surface area contributed by atoms with Gasteiger partial charge in [-0.15, -0.1) is 0 Å². The van der Waals surface area contributed by atoms with Gasteiger partial charge >= 0.3 is 0 Å². The number of hydrogen-bond donors (Lipinski definition) is 2. The Labute approximate surface area is 158 Å². The molecule has 1 aliphatic carbocycles. The Hall–Kier alpha value is -3.07. The van der Waals surface area contributed by atoms with Crippen molar-refractivity contribution >= 4 is 23.5 Å². The van der Waals surface area contributed by atoms with Gasteiger partial charge in [-0.1, -0.05) is 42.1 Å². The lowest BCUT2D eigenvalue weighted by atomic mass is 10.2. The number of nitrogens with two attached hydrogens (primary N) is 1. The number of nitrogens with one attached hydrogen (secondary N) is 1. The van der Waals surface area contributed by atoms with Crippen molar-refractivity contribution in [2.45, 2.75) is 29.8 Å². The fourth-order valence-corrected chi connectivity index (χ4v) is 4.05. The van der Waals surface area contributed by atoms with Crippen molar-refractivity contribution in [3.8, 4) is 11.3 Å². The highest BCUT2D eigenvalue weighted by Gasteiger charge is 2.29. The minimum atomic E-state index is -0.227. The summed E-state index contributed by atoms with van der Waals surface area (Å²) < 4.78 is 3.54. The summed E-state index contributed by atoms with van der Waals surface area (Å²) in [4.78, 5) is 25.2. The molecule has 0 radical (unpaired) electrons. The summed E-state index contributed by atoms with van der Waals surface area (Å²) in [6.45, 7) is 0. The molecule has 0 atom stereocenters. The van der Waals surface area contributed by atoms with Crippen molar-refractivity contribution in [2.24, 2.45) is 0 Å². The molecule has 1 fully saturated rings. The SMILES string of the molecule is Nc1nc2nc(CSc3ncc(-c4ccccc4)n3C3CC3)cc(=O)n2[nH]1. The topological polar surface area (TPSA) is 107 Å². The Morgan fingerprint density at radius 1 is 1.22 bits per heavy atom. The van der Waals surface area contributed by atoms with Crippen LogP contribution in [0.4, 0.5) is 5.95 Å². The van der Waals surface area contributed by atoms with E-state index in [2.05, 4.69) is 36.8 Å². The van der Waals surface area contributed by atoms with Crippen molar-refractivity contribution < 1.29 is 0 Å². The van der Waals surface area contributed by atoms with Gasteiger partial charge in [0.05, 0.1) is 17.6 Å². The van der Waals surface area contributed by atoms with Gasteiger partial charge in [-0.2, -0.15) is 9.50 Å². The molecule has 0 bridgehead atoms. The zero-order chi connectivity index (χ0) is 18.4. The van der Waals surface area contributed by atoms with Crippen molar-refractivity contribution in [1.82, 2.24) is 29.1 Å². The highest BCUT2D eigenvalue weighted by atomic mass is 32.2. The predicted molar refractivity (Wildman–Crippen MR) is 104 cm³/mol. The van der Waals surface area contributed by atoms with Crippen molar-refractivity contribution in [3.63, 3.8) is 0 Å². The molecule has 0 unspecified atom stereocenters. The maximum atomic E-state index is 12.2. The Balaban J connectivity index is 1.45. The van der Waals surface area contributed by atoms with E-state index in [0.717, 1.165) is 16.4 Å². The lowest BCUT2D eigenvalue weighted by molar-refractivity contribution is 0.669. The summed E-state index contributed by atoms with van der Waals surface area (Å²) in [5, 5.41) is 3.61. The molecular weight excluding hydrogens is 362 g/mol. The van der Waals surface area contributed by atoms with Crippen LogP contribution in [-0.2, 0) is 5.75 Å². The number of thioether (sulfide) groups is 1. The number of fused-ring (bicyclic) bond motifs is 1. The first-order valence-electron chi connectivity index (χ1n) is 8.68. The van der Waals surface area contributed by atoms with Gasteiger partial charge in [0.2, 0.25) is 5.95 Å². The maximum absolute atomic E-state index is 12.2. The second kappa shape index (κ2) is 6.27. The number of hydrogen-bond acceptors (Lipinski definition) is 6. The summed E-state index contributed by atoms with van der Waals surface area (Å²) in [5.41, 5.74) is 8.33. The highest BCUT2D eigenvalue weighted by Crippen LogP contribution is 2.42. The number of nitrogens with zero attached hydrogens (tertiary/aromatic N) is 5. The molecule has 8 nitrogen and oxygen atoms in total. The molecule has 0 saturated heterocycles. The van der Waals surface area contributed by atoms with E-state index in [1.807, 2.05) is 24.4 Å². The van der Waals surface area contributed by atoms with E-state index in [1.54, 1.807) is 11.8 Å². The van der Waals surface area contributed by atoms with E-state index in [-0.39, 0.29) is 17.3 Å². The third-order valence-corrected chi connectivity index (χ3v) is 5.49. The van der Waals surface area contributed by atoms with Gasteiger partial charge in [-0.05, 0) is 18.4 Å². The molecule has 4 aromatic rings. The number of aromatic nitrogens is 6. The second-order valence-corrected chi connectivity index (χ2v) is 7.45. The van der Waals surface area contributed by atoms with Crippen LogP contribution in [0.1, 0.15) is 24.6 Å². The molecule has 3 aromatic heterocycles. The molecule has 0 aliphatic heterocycles. The first kappa shape index (κ1) is 16.1. The van der Waals surface area contributed by atoms with Gasteiger partial charge in [0.1, 0.15) is 0 Å². The molecule has 9 heteroatoms. The van der Waals surface area contributed by atoms with Crippen LogP contribution in [0.2, 0.25) is 0 Å². The van der Waals surface area contributed by atoms with Gasteiger partial charge in [-0.25, -0.2) is 9.97 Å². The average molecular weight is 379 g/mol. The van der Waals surface area contributed by atoms with E-state index >= 15 is 0 Å². The van der Waals surface area contributed by atoms with Gasteiger partial charge in [0, 0.05) is 17.9 Å². The van der Waals surface area contributed by atoms with Gasteiger partial charge in [0.25, 0.3) is 11.3 Å². The molecule has 1 aromatic carbocycles. The van der Waals surface area contributed by atoms with Crippen LogP contribution in [0.25, 0.3) is 17.0 Å². The van der Waals surface area contributed by atoms with E-state index in [9.17, 15) is 4.79 Å². The minimum Gasteiger partial charge on any atom is -0.368 e. The van der Waals surface area contributed by atoms with Crippen LogP contribution >= 0.6 is 11.8 Å². The lowest BCUT2D eigenvalue weighted by Gasteiger charge is -2.10. The normalized spacial score (nSPS) is 14.1. The number of aromatic amines is 1. The van der Waals surface area contributed by atoms with E-state index in [1.165, 1.54) is 23.4 Å². The third kappa shape index (κ3) is 2.99. The lowest BCUT2D eigenvalue weighted by Crippen LogP contribution is -2.15. The number of benzene rings is 1. The minimum absolute atomic E-state index is 0.168. The molecule has 3 N–H and O–H groups in total. The molecule has 3 heterocycles. The van der Waals surface area contributed by atoms with E-state index in [0.29, 0.717) is 17.5 Å². The first-order chi connectivity index (χ1) is 13.2. The standard InChI is InChI=1S/C18H17N7OS/c19-16-22-17-21-12(8-15(26)25(17)23-16)10-27-18-20-9-14(24(18)13-6-7-13)11-4-2-1-3-5-11/h1-5,8-9,13H,6-7,10H2,(H3,19,21,22,23). The van der Waals surface area contributed by atoms with Crippen molar-refractivity contribution in [2.75, 3.05) is 5.73 Å². The summed E-state index contributed by atoms with van der Waals surface area (Å²) in [6, 6.07) is 12.3. The van der Waals surface area contributed by atoms with E-state index < -0.39 is 0 Å². The van der Waals surface area contributed by atoms with Crippen LogP contribution < -0.4 is 11.3 Å². The highest BCUT2D eigenvalue weighted by molar-refractivity contribution is 7.98. The smallest absolute Gasteiger partial charge is 0.274 e. The van der Waals surface area contributed by atoms with Crippen LogP contribution in [0.15, 0.2) is 52.5 Å². The monoisotopic (exact) mass is 379 g/mol. The third-order valence-electron chi connectivity index (χ3n) is 4.49. The zero-order valence-corrected chi connectivity index (χ0v) is 15.2. The fraction of sp³-hybridized carbons (Fsp3) is 0.222. The first-order valence-corrected chi connectivity index (χ1v) is 9.67. The molecule has 27 heavy (non-hydrogen) atoms. The molecule has 1 aliphatic rings. The number of H-pyrrole nitrogens is 1. The molecule has 136 valence electrons. The summed E-state index contributed by atoms with van der Waals surface area (Å²) >= 11 is 1.58. The summed E-state index contributed by atoms with van der Waals surface area (Å²) in [5.74, 6) is 0.989. The quantitative estimate of drug-likeness (QED) is 0.516. The Kier molecular flexibility index (Phi) is 3.75. The van der Waals surface area contributed by atoms with Gasteiger partial charge < -0.3 is 10.3 Å². The number of anilines is 1. The van der Waals surface area contributed by atoms with Crippen LogP contribution in [0.3, 0.4) is 0 Å². The fourth-order valence-electron chi connectivity index (χ4n) is 3.11. The summed E-state index contributed by atoms with van der Waals surface area (Å²) in [7, 11) is 0. The average Bonchev–Trinajstić information content (AvgIpc) is 3.30. The maximum Gasteiger partial charge on any atom is 0.274 e. The molecule has 1 saturated carbocycles. The molecular formula is C18H17N7OS. The largest absolute Gasteiger partial charge is 0.368 e. The van der Waals surface area contributed by atoms with Gasteiger partial charge in [-0.3, -0.25) is 9.89 Å². The number of nitrogen functional groups attached to an aromatic ring is 1. The summed E-state index contributed by atoms with van der Waals surface area (Å²) in [6.07, 6.45) is 4.26. The van der Waals surface area contributed by atoms with Crippen LogP contribution in [0, 0.1) is 0 Å². The van der Waals surface area contributed by atoms with Crippen LogP contribution in [0.5, 0.6) is 0 Å². The van der Waals surface area contributed by atoms with Crippen molar-refractivity contribution in [1.29, 1.82) is 0 Å². The molecule has 0 amide bonds.